The maximum absolute atomic E-state index is 11.9. The molecule has 0 aliphatic carbocycles. The van der Waals surface area contributed by atoms with E-state index in [1.165, 1.54) is 17.6 Å². The summed E-state index contributed by atoms with van der Waals surface area (Å²) in [4.78, 5) is 12.9. The van der Waals surface area contributed by atoms with Crippen molar-refractivity contribution >= 4 is 28.8 Å². The molecule has 2 heterocycles. The van der Waals surface area contributed by atoms with Gasteiger partial charge in [-0.1, -0.05) is 11.6 Å². The lowest BCUT2D eigenvalue weighted by Gasteiger charge is -2.11. The Morgan fingerprint density at radius 3 is 2.76 bits per heavy atom. The zero-order chi connectivity index (χ0) is 12.4. The Kier molecular flexibility index (Phi) is 3.54. The minimum atomic E-state index is -0.204. The van der Waals surface area contributed by atoms with Crippen LogP contribution in [0, 0.1) is 6.92 Å². The van der Waals surface area contributed by atoms with Gasteiger partial charge in [0.2, 0.25) is 0 Å². The summed E-state index contributed by atoms with van der Waals surface area (Å²) < 4.78 is 5.85. The minimum absolute atomic E-state index is 0.0792. The SMILES string of the molecule is Cc1ccoc1C(=O)NC(C)c1ccc(Cl)s1. The van der Waals surface area contributed by atoms with E-state index in [1.807, 2.05) is 26.0 Å². The zero-order valence-electron chi connectivity index (χ0n) is 9.49. The summed E-state index contributed by atoms with van der Waals surface area (Å²) >= 11 is 7.31. The second-order valence-corrected chi connectivity index (χ2v) is 5.52. The molecule has 0 saturated heterocycles. The molecule has 1 atom stereocenters. The van der Waals surface area contributed by atoms with Crippen molar-refractivity contribution in [2.75, 3.05) is 0 Å². The molecular weight excluding hydrogens is 258 g/mol. The zero-order valence-corrected chi connectivity index (χ0v) is 11.1. The molecular formula is C12H12ClNO2S. The van der Waals surface area contributed by atoms with Crippen LogP contribution in [0.15, 0.2) is 28.9 Å². The van der Waals surface area contributed by atoms with Gasteiger partial charge in [-0.2, -0.15) is 0 Å². The lowest BCUT2D eigenvalue weighted by Crippen LogP contribution is -2.26. The maximum atomic E-state index is 11.9. The quantitative estimate of drug-likeness (QED) is 0.921. The Morgan fingerprint density at radius 1 is 1.47 bits per heavy atom. The number of thiophene rings is 1. The molecule has 3 nitrogen and oxygen atoms in total. The topological polar surface area (TPSA) is 42.2 Å². The van der Waals surface area contributed by atoms with E-state index in [0.29, 0.717) is 5.76 Å². The fourth-order valence-electron chi connectivity index (χ4n) is 1.50. The van der Waals surface area contributed by atoms with Gasteiger partial charge >= 0.3 is 0 Å². The fraction of sp³-hybridized carbons (Fsp3) is 0.250. The fourth-order valence-corrected chi connectivity index (χ4v) is 2.56. The van der Waals surface area contributed by atoms with Crippen molar-refractivity contribution in [1.29, 1.82) is 0 Å². The summed E-state index contributed by atoms with van der Waals surface area (Å²) in [6.45, 7) is 3.75. The van der Waals surface area contributed by atoms with Gasteiger partial charge in [0, 0.05) is 10.4 Å². The van der Waals surface area contributed by atoms with Gasteiger partial charge < -0.3 is 9.73 Å². The molecule has 0 aromatic carbocycles. The number of nitrogens with one attached hydrogen (secondary N) is 1. The summed E-state index contributed by atoms with van der Waals surface area (Å²) in [6.07, 6.45) is 1.51. The van der Waals surface area contributed by atoms with Gasteiger partial charge in [0.05, 0.1) is 16.6 Å². The number of furan rings is 1. The molecule has 1 N–H and O–H groups in total. The lowest BCUT2D eigenvalue weighted by atomic mass is 10.2. The van der Waals surface area contributed by atoms with E-state index in [0.717, 1.165) is 14.8 Å². The highest BCUT2D eigenvalue weighted by Gasteiger charge is 2.16. The number of amides is 1. The van der Waals surface area contributed by atoms with Crippen LogP contribution in [0.2, 0.25) is 4.34 Å². The van der Waals surface area contributed by atoms with E-state index in [4.69, 9.17) is 16.0 Å². The van der Waals surface area contributed by atoms with Crippen molar-refractivity contribution in [2.24, 2.45) is 0 Å². The third kappa shape index (κ3) is 2.70. The molecule has 1 amide bonds. The maximum Gasteiger partial charge on any atom is 0.287 e. The summed E-state index contributed by atoms with van der Waals surface area (Å²) in [5.41, 5.74) is 0.832. The van der Waals surface area contributed by atoms with Crippen LogP contribution >= 0.6 is 22.9 Å². The number of hydrogen-bond donors (Lipinski definition) is 1. The van der Waals surface area contributed by atoms with Crippen LogP contribution in [0.4, 0.5) is 0 Å². The molecule has 90 valence electrons. The van der Waals surface area contributed by atoms with Crippen molar-refractivity contribution in [3.05, 3.63) is 45.0 Å². The van der Waals surface area contributed by atoms with E-state index in [-0.39, 0.29) is 11.9 Å². The molecule has 0 aliphatic rings. The number of halogens is 1. The predicted octanol–water partition coefficient (Wildman–Crippen LogP) is 3.79. The molecule has 0 radical (unpaired) electrons. The number of aryl methyl sites for hydroxylation is 1. The largest absolute Gasteiger partial charge is 0.459 e. The van der Waals surface area contributed by atoms with Gasteiger partial charge in [-0.3, -0.25) is 4.79 Å². The van der Waals surface area contributed by atoms with Crippen LogP contribution in [-0.2, 0) is 0 Å². The van der Waals surface area contributed by atoms with Crippen molar-refractivity contribution in [3.8, 4) is 0 Å². The summed E-state index contributed by atoms with van der Waals surface area (Å²) in [6, 6.07) is 5.42. The minimum Gasteiger partial charge on any atom is -0.459 e. The smallest absolute Gasteiger partial charge is 0.287 e. The third-order valence-corrected chi connectivity index (χ3v) is 3.85. The van der Waals surface area contributed by atoms with Gasteiger partial charge in [-0.25, -0.2) is 0 Å². The Balaban J connectivity index is 2.07. The normalized spacial score (nSPS) is 12.4. The van der Waals surface area contributed by atoms with E-state index >= 15 is 0 Å². The molecule has 1 unspecified atom stereocenters. The highest BCUT2D eigenvalue weighted by atomic mass is 35.5. The Labute approximate surface area is 108 Å². The number of carbonyl (C=O) groups excluding carboxylic acids is 1. The molecule has 5 heteroatoms. The first-order valence-corrected chi connectivity index (χ1v) is 6.37. The van der Waals surface area contributed by atoms with Crippen LogP contribution < -0.4 is 5.32 Å². The highest BCUT2D eigenvalue weighted by molar-refractivity contribution is 7.16. The monoisotopic (exact) mass is 269 g/mol. The van der Waals surface area contributed by atoms with Crippen LogP contribution in [-0.4, -0.2) is 5.91 Å². The Bertz CT molecular complexity index is 532. The Hall–Kier alpha value is -1.26. The van der Waals surface area contributed by atoms with Crippen molar-refractivity contribution in [2.45, 2.75) is 19.9 Å². The van der Waals surface area contributed by atoms with Crippen molar-refractivity contribution in [3.63, 3.8) is 0 Å². The number of carbonyl (C=O) groups is 1. The first-order valence-electron chi connectivity index (χ1n) is 5.18. The molecule has 2 aromatic rings. The molecule has 0 fully saturated rings. The van der Waals surface area contributed by atoms with E-state index < -0.39 is 0 Å². The first kappa shape index (κ1) is 12.2. The van der Waals surface area contributed by atoms with Gasteiger partial charge in [0.25, 0.3) is 5.91 Å². The lowest BCUT2D eigenvalue weighted by molar-refractivity contribution is 0.0911. The van der Waals surface area contributed by atoms with E-state index in [9.17, 15) is 4.79 Å². The number of hydrogen-bond acceptors (Lipinski definition) is 3. The molecule has 0 aliphatic heterocycles. The second-order valence-electron chi connectivity index (χ2n) is 3.77. The molecule has 2 rings (SSSR count). The van der Waals surface area contributed by atoms with Crippen LogP contribution in [0.25, 0.3) is 0 Å². The standard InChI is InChI=1S/C12H12ClNO2S/c1-7-5-6-16-11(7)12(15)14-8(2)9-3-4-10(13)17-9/h3-6,8H,1-2H3,(H,14,15). The highest BCUT2D eigenvalue weighted by Crippen LogP contribution is 2.26. The third-order valence-electron chi connectivity index (χ3n) is 2.44. The summed E-state index contributed by atoms with van der Waals surface area (Å²) in [7, 11) is 0. The molecule has 0 bridgehead atoms. The van der Waals surface area contributed by atoms with Crippen LogP contribution in [0.1, 0.15) is 34.0 Å². The molecule has 17 heavy (non-hydrogen) atoms. The van der Waals surface area contributed by atoms with Crippen LogP contribution in [0.3, 0.4) is 0 Å². The van der Waals surface area contributed by atoms with Gasteiger partial charge in [0.1, 0.15) is 0 Å². The van der Waals surface area contributed by atoms with Gasteiger partial charge in [0.15, 0.2) is 5.76 Å². The molecule has 0 spiro atoms. The first-order chi connectivity index (χ1) is 8.08. The van der Waals surface area contributed by atoms with Gasteiger partial charge in [-0.05, 0) is 32.0 Å². The van der Waals surface area contributed by atoms with E-state index in [1.54, 1.807) is 6.07 Å². The average molecular weight is 270 g/mol. The summed E-state index contributed by atoms with van der Waals surface area (Å²) in [5.74, 6) is 0.157. The van der Waals surface area contributed by atoms with Crippen molar-refractivity contribution in [1.82, 2.24) is 5.32 Å². The summed E-state index contributed by atoms with van der Waals surface area (Å²) in [5, 5.41) is 2.87. The molecule has 2 aromatic heterocycles. The number of rotatable bonds is 3. The van der Waals surface area contributed by atoms with Crippen LogP contribution in [0.5, 0.6) is 0 Å². The second kappa shape index (κ2) is 4.94. The molecule has 0 saturated carbocycles. The predicted molar refractivity (Wildman–Crippen MR) is 68.7 cm³/mol. The van der Waals surface area contributed by atoms with Crippen molar-refractivity contribution < 1.29 is 9.21 Å². The average Bonchev–Trinajstić information content (AvgIpc) is 2.86. The van der Waals surface area contributed by atoms with Gasteiger partial charge in [-0.15, -0.1) is 11.3 Å². The Morgan fingerprint density at radius 2 is 2.24 bits per heavy atom. The van der Waals surface area contributed by atoms with E-state index in [2.05, 4.69) is 5.32 Å².